The van der Waals surface area contributed by atoms with E-state index >= 15 is 0 Å². The lowest BCUT2D eigenvalue weighted by molar-refractivity contribution is 0.0692. The van der Waals surface area contributed by atoms with Crippen LogP contribution in [0.3, 0.4) is 0 Å². The quantitative estimate of drug-likeness (QED) is 0.830. The molecule has 1 amide bonds. The van der Waals surface area contributed by atoms with E-state index in [1.807, 2.05) is 6.92 Å². The molecular weight excluding hydrogens is 310 g/mol. The van der Waals surface area contributed by atoms with E-state index < -0.39 is 0 Å². The number of pyridine rings is 1. The second-order valence-corrected chi connectivity index (χ2v) is 5.94. The van der Waals surface area contributed by atoms with Crippen molar-refractivity contribution in [1.29, 1.82) is 0 Å². The van der Waals surface area contributed by atoms with Gasteiger partial charge in [-0.2, -0.15) is 5.10 Å². The van der Waals surface area contributed by atoms with Crippen LogP contribution in [0.15, 0.2) is 23.1 Å². The van der Waals surface area contributed by atoms with Gasteiger partial charge in [0.15, 0.2) is 0 Å². The molecular formula is C16H21N5O3. The molecule has 1 aliphatic rings. The van der Waals surface area contributed by atoms with Gasteiger partial charge < -0.3 is 9.64 Å². The molecule has 2 aromatic heterocycles. The average Bonchev–Trinajstić information content (AvgIpc) is 2.87. The zero-order valence-electron chi connectivity index (χ0n) is 14.1. The molecule has 2 aromatic rings. The number of hydrogen-bond acceptors (Lipinski definition) is 5. The first-order valence-corrected chi connectivity index (χ1v) is 7.92. The molecule has 3 heterocycles. The Morgan fingerprint density at radius 1 is 1.29 bits per heavy atom. The summed E-state index contributed by atoms with van der Waals surface area (Å²) in [6.45, 7) is 3.05. The second-order valence-electron chi connectivity index (χ2n) is 5.94. The number of aromatic nitrogens is 4. The van der Waals surface area contributed by atoms with Crippen molar-refractivity contribution < 1.29 is 9.53 Å². The minimum absolute atomic E-state index is 0.0427. The lowest BCUT2D eigenvalue weighted by Crippen LogP contribution is -2.41. The molecule has 0 saturated carbocycles. The Bertz CT molecular complexity index is 785. The largest absolute Gasteiger partial charge is 0.481 e. The molecule has 1 fully saturated rings. The predicted octanol–water partition coefficient (Wildman–Crippen LogP) is 0.771. The number of hydrogen-bond donors (Lipinski definition) is 0. The molecule has 0 aromatic carbocycles. The standard InChI is InChI=1S/C16H21N5O3/c1-11-18-19(2)16(23)21(11)13-6-8-20(9-7-13)15(22)12-4-5-14(24-3)17-10-12/h4-5,10,13H,6-9H2,1-3H3. The van der Waals surface area contributed by atoms with Crippen molar-refractivity contribution in [1.82, 2.24) is 24.2 Å². The molecule has 0 radical (unpaired) electrons. The van der Waals surface area contributed by atoms with Crippen molar-refractivity contribution >= 4 is 5.91 Å². The van der Waals surface area contributed by atoms with Crippen LogP contribution in [0.4, 0.5) is 0 Å². The van der Waals surface area contributed by atoms with Gasteiger partial charge in [0, 0.05) is 38.4 Å². The van der Waals surface area contributed by atoms with E-state index in [4.69, 9.17) is 4.74 Å². The average molecular weight is 331 g/mol. The van der Waals surface area contributed by atoms with Crippen molar-refractivity contribution in [3.63, 3.8) is 0 Å². The van der Waals surface area contributed by atoms with E-state index in [-0.39, 0.29) is 17.6 Å². The molecule has 0 bridgehead atoms. The van der Waals surface area contributed by atoms with Crippen molar-refractivity contribution in [2.24, 2.45) is 7.05 Å². The number of nitrogens with zero attached hydrogens (tertiary/aromatic N) is 5. The number of likely N-dealkylation sites (tertiary alicyclic amines) is 1. The molecule has 8 nitrogen and oxygen atoms in total. The molecule has 128 valence electrons. The summed E-state index contributed by atoms with van der Waals surface area (Å²) in [6, 6.07) is 3.48. The molecule has 1 aliphatic heterocycles. The Hall–Kier alpha value is -2.64. The van der Waals surface area contributed by atoms with E-state index in [0.29, 0.717) is 30.4 Å². The van der Waals surface area contributed by atoms with Crippen LogP contribution in [-0.4, -0.2) is 50.3 Å². The molecule has 8 heteroatoms. The van der Waals surface area contributed by atoms with Gasteiger partial charge in [-0.05, 0) is 25.8 Å². The lowest BCUT2D eigenvalue weighted by atomic mass is 10.0. The van der Waals surface area contributed by atoms with Crippen molar-refractivity contribution in [3.8, 4) is 5.88 Å². The fourth-order valence-corrected chi connectivity index (χ4v) is 3.16. The van der Waals surface area contributed by atoms with Crippen LogP contribution in [0.25, 0.3) is 0 Å². The Kier molecular flexibility index (Phi) is 4.37. The third-order valence-corrected chi connectivity index (χ3v) is 4.44. The molecule has 1 saturated heterocycles. The number of methoxy groups -OCH3 is 1. The maximum Gasteiger partial charge on any atom is 0.345 e. The normalized spacial score (nSPS) is 15.5. The van der Waals surface area contributed by atoms with E-state index in [0.717, 1.165) is 12.8 Å². The number of piperidine rings is 1. The molecule has 24 heavy (non-hydrogen) atoms. The minimum Gasteiger partial charge on any atom is -0.481 e. The third-order valence-electron chi connectivity index (χ3n) is 4.44. The van der Waals surface area contributed by atoms with Crippen LogP contribution in [-0.2, 0) is 7.05 Å². The summed E-state index contributed by atoms with van der Waals surface area (Å²) in [6.07, 6.45) is 3.01. The smallest absolute Gasteiger partial charge is 0.345 e. The van der Waals surface area contributed by atoms with E-state index in [1.165, 1.54) is 18.0 Å². The molecule has 0 atom stereocenters. The van der Waals surface area contributed by atoms with Gasteiger partial charge in [0.2, 0.25) is 5.88 Å². The SMILES string of the molecule is COc1ccc(C(=O)N2CCC(n3c(C)nn(C)c3=O)CC2)cn1. The van der Waals surface area contributed by atoms with Crippen molar-refractivity contribution in [2.75, 3.05) is 20.2 Å². The molecule has 0 unspecified atom stereocenters. The highest BCUT2D eigenvalue weighted by molar-refractivity contribution is 5.94. The summed E-state index contributed by atoms with van der Waals surface area (Å²) < 4.78 is 8.10. The first kappa shape index (κ1) is 16.2. The van der Waals surface area contributed by atoms with E-state index in [2.05, 4.69) is 10.1 Å². The number of aryl methyl sites for hydroxylation is 2. The van der Waals surface area contributed by atoms with Crippen LogP contribution >= 0.6 is 0 Å². The highest BCUT2D eigenvalue weighted by Crippen LogP contribution is 2.23. The van der Waals surface area contributed by atoms with Gasteiger partial charge >= 0.3 is 5.69 Å². The topological polar surface area (TPSA) is 82.2 Å². The Balaban J connectivity index is 1.68. The fourth-order valence-electron chi connectivity index (χ4n) is 3.16. The predicted molar refractivity (Wildman–Crippen MR) is 87.2 cm³/mol. The zero-order valence-corrected chi connectivity index (χ0v) is 14.1. The summed E-state index contributed by atoms with van der Waals surface area (Å²) in [5.74, 6) is 1.15. The Morgan fingerprint density at radius 3 is 2.50 bits per heavy atom. The highest BCUT2D eigenvalue weighted by Gasteiger charge is 2.27. The number of amides is 1. The highest BCUT2D eigenvalue weighted by atomic mass is 16.5. The third kappa shape index (κ3) is 2.91. The van der Waals surface area contributed by atoms with Gasteiger partial charge in [-0.3, -0.25) is 9.36 Å². The molecule has 0 N–H and O–H groups in total. The van der Waals surface area contributed by atoms with Gasteiger partial charge in [0.25, 0.3) is 5.91 Å². The summed E-state index contributed by atoms with van der Waals surface area (Å²) in [4.78, 5) is 30.6. The monoisotopic (exact) mass is 331 g/mol. The maximum atomic E-state index is 12.5. The van der Waals surface area contributed by atoms with Gasteiger partial charge in [-0.25, -0.2) is 14.5 Å². The summed E-state index contributed by atoms with van der Waals surface area (Å²) >= 11 is 0. The van der Waals surface area contributed by atoms with Crippen LogP contribution in [0.1, 0.15) is 35.1 Å². The zero-order chi connectivity index (χ0) is 17.3. The van der Waals surface area contributed by atoms with Gasteiger partial charge in [0.05, 0.1) is 12.7 Å². The first-order chi connectivity index (χ1) is 11.5. The fraction of sp³-hybridized carbons (Fsp3) is 0.500. The lowest BCUT2D eigenvalue weighted by Gasteiger charge is -2.32. The second kappa shape index (κ2) is 6.46. The molecule has 0 spiro atoms. The number of rotatable bonds is 3. The van der Waals surface area contributed by atoms with Crippen LogP contribution in [0.5, 0.6) is 5.88 Å². The summed E-state index contributed by atoms with van der Waals surface area (Å²) in [7, 11) is 3.19. The van der Waals surface area contributed by atoms with E-state index in [1.54, 1.807) is 28.6 Å². The maximum absolute atomic E-state index is 12.5. The van der Waals surface area contributed by atoms with Crippen LogP contribution in [0.2, 0.25) is 0 Å². The summed E-state index contributed by atoms with van der Waals surface area (Å²) in [5, 5.41) is 4.17. The number of carbonyl (C=O) groups excluding carboxylic acids is 1. The summed E-state index contributed by atoms with van der Waals surface area (Å²) in [5.41, 5.74) is 0.445. The minimum atomic E-state index is -0.100. The van der Waals surface area contributed by atoms with Gasteiger partial charge in [0.1, 0.15) is 5.82 Å². The van der Waals surface area contributed by atoms with Crippen molar-refractivity contribution in [2.45, 2.75) is 25.8 Å². The van der Waals surface area contributed by atoms with Crippen LogP contribution in [0, 0.1) is 6.92 Å². The van der Waals surface area contributed by atoms with E-state index in [9.17, 15) is 9.59 Å². The van der Waals surface area contributed by atoms with Gasteiger partial charge in [-0.15, -0.1) is 0 Å². The Labute approximate surface area is 139 Å². The number of carbonyl (C=O) groups is 1. The first-order valence-electron chi connectivity index (χ1n) is 7.92. The van der Waals surface area contributed by atoms with Crippen molar-refractivity contribution in [3.05, 3.63) is 40.2 Å². The Morgan fingerprint density at radius 2 is 2.00 bits per heavy atom. The molecule has 3 rings (SSSR count). The van der Waals surface area contributed by atoms with Crippen LogP contribution < -0.4 is 10.4 Å². The van der Waals surface area contributed by atoms with Gasteiger partial charge in [-0.1, -0.05) is 0 Å². The number of ether oxygens (including phenoxy) is 1. The molecule has 0 aliphatic carbocycles.